The van der Waals surface area contributed by atoms with E-state index >= 15 is 0 Å². The SMILES string of the molecule is CCC(C)N(C)c1ccc(C(=O)O)cc1. The standard InChI is InChI=1S/C12H17NO2/c1-4-9(2)13(3)11-7-5-10(6-8-11)12(14)15/h5-9H,4H2,1-3H3,(H,14,15). The van der Waals surface area contributed by atoms with Gasteiger partial charge in [-0.25, -0.2) is 4.79 Å². The molecule has 1 aromatic rings. The van der Waals surface area contributed by atoms with E-state index < -0.39 is 5.97 Å². The third-order valence-corrected chi connectivity index (χ3v) is 2.77. The van der Waals surface area contributed by atoms with Gasteiger partial charge in [0.05, 0.1) is 5.56 Å². The average molecular weight is 207 g/mol. The Kier molecular flexibility index (Phi) is 3.72. The van der Waals surface area contributed by atoms with Crippen molar-refractivity contribution in [1.29, 1.82) is 0 Å². The summed E-state index contributed by atoms with van der Waals surface area (Å²) in [6.07, 6.45) is 1.07. The fourth-order valence-electron chi connectivity index (χ4n) is 1.37. The van der Waals surface area contributed by atoms with Gasteiger partial charge in [0.2, 0.25) is 0 Å². The minimum atomic E-state index is -0.882. The van der Waals surface area contributed by atoms with E-state index in [2.05, 4.69) is 18.7 Å². The maximum absolute atomic E-state index is 10.7. The van der Waals surface area contributed by atoms with Gasteiger partial charge < -0.3 is 10.0 Å². The molecule has 0 heterocycles. The number of nitrogens with zero attached hydrogens (tertiary/aromatic N) is 1. The van der Waals surface area contributed by atoms with Crippen molar-refractivity contribution in [3.63, 3.8) is 0 Å². The first-order chi connectivity index (χ1) is 7.06. The summed E-state index contributed by atoms with van der Waals surface area (Å²) < 4.78 is 0. The molecule has 0 spiro atoms. The van der Waals surface area contributed by atoms with Crippen LogP contribution in [0.25, 0.3) is 0 Å². The Morgan fingerprint density at radius 3 is 2.33 bits per heavy atom. The van der Waals surface area contributed by atoms with E-state index in [1.807, 2.05) is 19.2 Å². The minimum Gasteiger partial charge on any atom is -0.478 e. The van der Waals surface area contributed by atoms with Crippen molar-refractivity contribution in [2.75, 3.05) is 11.9 Å². The van der Waals surface area contributed by atoms with Gasteiger partial charge in [0.1, 0.15) is 0 Å². The minimum absolute atomic E-state index is 0.330. The number of rotatable bonds is 4. The highest BCUT2D eigenvalue weighted by molar-refractivity contribution is 5.88. The lowest BCUT2D eigenvalue weighted by atomic mass is 10.1. The van der Waals surface area contributed by atoms with E-state index in [1.165, 1.54) is 0 Å². The molecule has 3 nitrogen and oxygen atoms in total. The Morgan fingerprint density at radius 2 is 1.93 bits per heavy atom. The summed E-state index contributed by atoms with van der Waals surface area (Å²) in [5.41, 5.74) is 1.38. The molecule has 0 saturated heterocycles. The Labute approximate surface area is 90.3 Å². The van der Waals surface area contributed by atoms with Crippen LogP contribution < -0.4 is 4.90 Å². The molecule has 1 N–H and O–H groups in total. The summed E-state index contributed by atoms with van der Waals surface area (Å²) >= 11 is 0. The number of hydrogen-bond acceptors (Lipinski definition) is 2. The topological polar surface area (TPSA) is 40.5 Å². The predicted molar refractivity (Wildman–Crippen MR) is 61.6 cm³/mol. The molecule has 0 radical (unpaired) electrons. The van der Waals surface area contributed by atoms with Crippen molar-refractivity contribution in [3.8, 4) is 0 Å². The highest BCUT2D eigenvalue weighted by Crippen LogP contribution is 2.17. The fourth-order valence-corrected chi connectivity index (χ4v) is 1.37. The van der Waals surface area contributed by atoms with Gasteiger partial charge in [-0.3, -0.25) is 0 Å². The van der Waals surface area contributed by atoms with Crippen LogP contribution in [0.5, 0.6) is 0 Å². The Bertz CT molecular complexity index is 332. The molecular formula is C12H17NO2. The van der Waals surface area contributed by atoms with Crippen LogP contribution in [0.3, 0.4) is 0 Å². The lowest BCUT2D eigenvalue weighted by molar-refractivity contribution is 0.0697. The zero-order chi connectivity index (χ0) is 11.4. The van der Waals surface area contributed by atoms with Crippen LogP contribution in [0.2, 0.25) is 0 Å². The van der Waals surface area contributed by atoms with Gasteiger partial charge in [0.15, 0.2) is 0 Å². The lowest BCUT2D eigenvalue weighted by Crippen LogP contribution is -2.27. The van der Waals surface area contributed by atoms with Gasteiger partial charge in [-0.1, -0.05) is 6.92 Å². The van der Waals surface area contributed by atoms with Crippen molar-refractivity contribution in [3.05, 3.63) is 29.8 Å². The van der Waals surface area contributed by atoms with Gasteiger partial charge in [0, 0.05) is 18.8 Å². The van der Waals surface area contributed by atoms with Gasteiger partial charge in [-0.05, 0) is 37.6 Å². The molecule has 15 heavy (non-hydrogen) atoms. The van der Waals surface area contributed by atoms with E-state index in [0.29, 0.717) is 11.6 Å². The molecule has 0 saturated carbocycles. The van der Waals surface area contributed by atoms with Crippen molar-refractivity contribution >= 4 is 11.7 Å². The first kappa shape index (κ1) is 11.6. The second-order valence-corrected chi connectivity index (χ2v) is 3.72. The number of carboxylic acid groups (broad SMARTS) is 1. The first-order valence-electron chi connectivity index (χ1n) is 5.12. The van der Waals surface area contributed by atoms with Crippen molar-refractivity contribution in [1.82, 2.24) is 0 Å². The van der Waals surface area contributed by atoms with Crippen LogP contribution in [-0.4, -0.2) is 24.2 Å². The van der Waals surface area contributed by atoms with Crippen LogP contribution in [-0.2, 0) is 0 Å². The van der Waals surface area contributed by atoms with Crippen molar-refractivity contribution in [2.45, 2.75) is 26.3 Å². The molecule has 1 aromatic carbocycles. The molecule has 3 heteroatoms. The molecule has 82 valence electrons. The van der Waals surface area contributed by atoms with E-state index in [4.69, 9.17) is 5.11 Å². The second-order valence-electron chi connectivity index (χ2n) is 3.72. The number of aromatic carboxylic acids is 1. The molecule has 0 aliphatic rings. The van der Waals surface area contributed by atoms with E-state index in [9.17, 15) is 4.79 Å². The number of hydrogen-bond donors (Lipinski definition) is 1. The monoisotopic (exact) mass is 207 g/mol. The van der Waals surface area contributed by atoms with E-state index in [0.717, 1.165) is 12.1 Å². The largest absolute Gasteiger partial charge is 0.478 e. The summed E-state index contributed by atoms with van der Waals surface area (Å²) in [5, 5.41) is 8.76. The molecule has 0 bridgehead atoms. The average Bonchev–Trinajstić information content (AvgIpc) is 2.27. The van der Waals surface area contributed by atoms with Gasteiger partial charge >= 0.3 is 5.97 Å². The second kappa shape index (κ2) is 4.82. The van der Waals surface area contributed by atoms with Crippen LogP contribution in [0.4, 0.5) is 5.69 Å². The number of benzene rings is 1. The van der Waals surface area contributed by atoms with Crippen molar-refractivity contribution < 1.29 is 9.90 Å². The number of carboxylic acids is 1. The summed E-state index contributed by atoms with van der Waals surface area (Å²) in [5.74, 6) is -0.882. The molecule has 0 amide bonds. The zero-order valence-corrected chi connectivity index (χ0v) is 9.40. The van der Waals surface area contributed by atoms with E-state index in [-0.39, 0.29) is 0 Å². The van der Waals surface area contributed by atoms with Crippen LogP contribution >= 0.6 is 0 Å². The molecule has 1 unspecified atom stereocenters. The zero-order valence-electron chi connectivity index (χ0n) is 9.40. The summed E-state index contributed by atoms with van der Waals surface area (Å²) in [6, 6.07) is 7.42. The summed E-state index contributed by atoms with van der Waals surface area (Å²) in [7, 11) is 2.02. The van der Waals surface area contributed by atoms with E-state index in [1.54, 1.807) is 12.1 Å². The third kappa shape index (κ3) is 2.72. The smallest absolute Gasteiger partial charge is 0.335 e. The Balaban J connectivity index is 2.84. The maximum atomic E-state index is 10.7. The normalized spacial score (nSPS) is 12.2. The molecular weight excluding hydrogens is 190 g/mol. The Morgan fingerprint density at radius 1 is 1.40 bits per heavy atom. The van der Waals surface area contributed by atoms with Crippen LogP contribution in [0, 0.1) is 0 Å². The molecule has 1 rings (SSSR count). The fraction of sp³-hybridized carbons (Fsp3) is 0.417. The molecule has 1 atom stereocenters. The molecule has 0 fully saturated rings. The third-order valence-electron chi connectivity index (χ3n) is 2.77. The first-order valence-corrected chi connectivity index (χ1v) is 5.12. The summed E-state index contributed by atoms with van der Waals surface area (Å²) in [6.45, 7) is 4.28. The number of carbonyl (C=O) groups is 1. The quantitative estimate of drug-likeness (QED) is 0.825. The highest BCUT2D eigenvalue weighted by Gasteiger charge is 2.08. The summed E-state index contributed by atoms with van der Waals surface area (Å²) in [4.78, 5) is 12.8. The van der Waals surface area contributed by atoms with Gasteiger partial charge in [-0.15, -0.1) is 0 Å². The van der Waals surface area contributed by atoms with Crippen LogP contribution in [0.15, 0.2) is 24.3 Å². The highest BCUT2D eigenvalue weighted by atomic mass is 16.4. The predicted octanol–water partition coefficient (Wildman–Crippen LogP) is 2.62. The van der Waals surface area contributed by atoms with Gasteiger partial charge in [0.25, 0.3) is 0 Å². The maximum Gasteiger partial charge on any atom is 0.335 e. The molecule has 0 aliphatic heterocycles. The lowest BCUT2D eigenvalue weighted by Gasteiger charge is -2.26. The molecule has 0 aliphatic carbocycles. The van der Waals surface area contributed by atoms with Crippen molar-refractivity contribution in [2.24, 2.45) is 0 Å². The molecule has 0 aromatic heterocycles. The van der Waals surface area contributed by atoms with Crippen LogP contribution in [0.1, 0.15) is 30.6 Å². The number of anilines is 1. The van der Waals surface area contributed by atoms with Gasteiger partial charge in [-0.2, -0.15) is 0 Å². The Hall–Kier alpha value is -1.51.